The van der Waals surface area contributed by atoms with Crippen LogP contribution in [0.3, 0.4) is 0 Å². The van der Waals surface area contributed by atoms with Crippen LogP contribution in [-0.2, 0) is 0 Å². The quantitative estimate of drug-likeness (QED) is 0.721. The third-order valence-corrected chi connectivity index (χ3v) is 2.92. The molecule has 0 fully saturated rings. The van der Waals surface area contributed by atoms with E-state index in [1.54, 1.807) is 19.1 Å². The largest absolute Gasteiger partial charge is 0.329 e. The Hall–Kier alpha value is -2.09. The fraction of sp³-hybridized carbons (Fsp3) is 0.0909. The van der Waals surface area contributed by atoms with Gasteiger partial charge in [0.25, 0.3) is 0 Å². The Morgan fingerprint density at radius 1 is 1.11 bits per heavy atom. The first-order valence-corrected chi connectivity index (χ1v) is 6.02. The van der Waals surface area contributed by atoms with Crippen LogP contribution in [0.2, 0.25) is 0 Å². The fourth-order valence-electron chi connectivity index (χ4n) is 1.45. The van der Waals surface area contributed by atoms with Gasteiger partial charge in [0.05, 0.1) is 4.47 Å². The predicted octanol–water partition coefficient (Wildman–Crippen LogP) is 3.00. The highest BCUT2D eigenvalue weighted by atomic mass is 79.9. The van der Waals surface area contributed by atoms with Gasteiger partial charge in [-0.25, -0.2) is 4.39 Å². The number of aromatic nitrogens is 4. The van der Waals surface area contributed by atoms with Crippen molar-refractivity contribution >= 4 is 15.9 Å². The van der Waals surface area contributed by atoms with E-state index in [0.29, 0.717) is 21.7 Å². The van der Waals surface area contributed by atoms with Crippen LogP contribution in [0.1, 0.15) is 5.82 Å². The molecule has 0 radical (unpaired) electrons. The highest BCUT2D eigenvalue weighted by Crippen LogP contribution is 2.25. The molecule has 6 nitrogen and oxygen atoms in total. The molecule has 8 heteroatoms. The van der Waals surface area contributed by atoms with Crippen molar-refractivity contribution in [2.24, 2.45) is 0 Å². The zero-order valence-corrected chi connectivity index (χ0v) is 11.2. The normalized spacial score (nSPS) is 10.9. The van der Waals surface area contributed by atoms with E-state index in [-0.39, 0.29) is 17.6 Å². The summed E-state index contributed by atoms with van der Waals surface area (Å²) in [5.74, 6) is 0.694. The molecule has 0 bridgehead atoms. The van der Waals surface area contributed by atoms with E-state index >= 15 is 0 Å². The molecule has 2 aromatic heterocycles. The Morgan fingerprint density at radius 3 is 2.53 bits per heavy atom. The summed E-state index contributed by atoms with van der Waals surface area (Å²) >= 11 is 3.10. The van der Waals surface area contributed by atoms with Crippen LogP contribution in [0.25, 0.3) is 23.2 Å². The number of halogens is 2. The van der Waals surface area contributed by atoms with E-state index in [4.69, 9.17) is 9.05 Å². The molecule has 3 rings (SSSR count). The van der Waals surface area contributed by atoms with Crippen molar-refractivity contribution in [3.8, 4) is 23.2 Å². The highest BCUT2D eigenvalue weighted by molar-refractivity contribution is 9.10. The Balaban J connectivity index is 1.98. The van der Waals surface area contributed by atoms with Crippen LogP contribution in [0, 0.1) is 12.7 Å². The molecule has 0 spiro atoms. The lowest BCUT2D eigenvalue weighted by Crippen LogP contribution is -1.84. The van der Waals surface area contributed by atoms with Crippen LogP contribution in [0.15, 0.2) is 31.7 Å². The first kappa shape index (κ1) is 12.0. The summed E-state index contributed by atoms with van der Waals surface area (Å²) < 4.78 is 23.4. The summed E-state index contributed by atoms with van der Waals surface area (Å²) in [5.41, 5.74) is 0.611. The molecular weight excluding hydrogens is 319 g/mol. The number of rotatable bonds is 2. The molecule has 96 valence electrons. The molecule has 0 N–H and O–H groups in total. The van der Waals surface area contributed by atoms with Crippen molar-refractivity contribution in [1.29, 1.82) is 0 Å². The monoisotopic (exact) mass is 324 g/mol. The summed E-state index contributed by atoms with van der Waals surface area (Å²) in [7, 11) is 0. The van der Waals surface area contributed by atoms with Crippen LogP contribution >= 0.6 is 15.9 Å². The average molecular weight is 325 g/mol. The zero-order valence-electron chi connectivity index (χ0n) is 9.59. The standard InChI is InChI=1S/C11H6BrFN4O2/c1-5-14-10(18-16-5)11-15-9(17-19-11)6-2-3-8(13)7(12)4-6/h2-4H,1H3. The summed E-state index contributed by atoms with van der Waals surface area (Å²) in [5, 5.41) is 7.42. The van der Waals surface area contributed by atoms with Gasteiger partial charge in [0.15, 0.2) is 5.82 Å². The Kier molecular flexibility index (Phi) is 2.86. The minimum Gasteiger partial charge on any atom is -0.329 e. The summed E-state index contributed by atoms with van der Waals surface area (Å²) in [6, 6.07) is 4.42. The Morgan fingerprint density at radius 2 is 1.84 bits per heavy atom. The number of hydrogen-bond donors (Lipinski definition) is 0. The Labute approximate surface area is 114 Å². The molecular formula is C11H6BrFN4O2. The molecule has 0 saturated carbocycles. The van der Waals surface area contributed by atoms with Gasteiger partial charge < -0.3 is 9.05 Å². The van der Waals surface area contributed by atoms with Crippen molar-refractivity contribution in [1.82, 2.24) is 20.3 Å². The zero-order chi connectivity index (χ0) is 13.4. The molecule has 0 unspecified atom stereocenters. The summed E-state index contributed by atoms with van der Waals surface area (Å²) in [6.07, 6.45) is 0. The molecule has 19 heavy (non-hydrogen) atoms. The molecule has 0 amide bonds. The molecule has 0 aliphatic carbocycles. The maximum atomic E-state index is 13.1. The van der Waals surface area contributed by atoms with Crippen molar-refractivity contribution < 1.29 is 13.4 Å². The second-order valence-corrected chi connectivity index (χ2v) is 4.55. The SMILES string of the molecule is Cc1noc(-c2nc(-c3ccc(F)c(Br)c3)no2)n1. The highest BCUT2D eigenvalue weighted by Gasteiger charge is 2.16. The second kappa shape index (κ2) is 4.54. The molecule has 1 aromatic carbocycles. The molecule has 0 aliphatic rings. The van der Waals surface area contributed by atoms with E-state index < -0.39 is 0 Å². The second-order valence-electron chi connectivity index (χ2n) is 3.70. The minimum atomic E-state index is -0.361. The van der Waals surface area contributed by atoms with Gasteiger partial charge in [-0.15, -0.1) is 0 Å². The number of nitrogens with zero attached hydrogens (tertiary/aromatic N) is 4. The lowest BCUT2D eigenvalue weighted by Gasteiger charge is -1.96. The van der Waals surface area contributed by atoms with Crippen molar-refractivity contribution in [2.75, 3.05) is 0 Å². The fourth-order valence-corrected chi connectivity index (χ4v) is 1.83. The number of aryl methyl sites for hydroxylation is 1. The van der Waals surface area contributed by atoms with E-state index in [1.807, 2.05) is 0 Å². The molecule has 0 aliphatic heterocycles. The van der Waals surface area contributed by atoms with E-state index in [9.17, 15) is 4.39 Å². The van der Waals surface area contributed by atoms with E-state index in [2.05, 4.69) is 36.2 Å². The van der Waals surface area contributed by atoms with Crippen LogP contribution in [-0.4, -0.2) is 20.3 Å². The van der Waals surface area contributed by atoms with Gasteiger partial charge in [-0.3, -0.25) is 0 Å². The van der Waals surface area contributed by atoms with Crippen molar-refractivity contribution in [2.45, 2.75) is 6.92 Å². The van der Waals surface area contributed by atoms with E-state index in [0.717, 1.165) is 0 Å². The first-order valence-electron chi connectivity index (χ1n) is 5.23. The van der Waals surface area contributed by atoms with Gasteiger partial charge in [0, 0.05) is 5.56 Å². The minimum absolute atomic E-state index is 0.121. The van der Waals surface area contributed by atoms with Crippen LogP contribution in [0.4, 0.5) is 4.39 Å². The van der Waals surface area contributed by atoms with E-state index in [1.165, 1.54) is 6.07 Å². The maximum Gasteiger partial charge on any atom is 0.316 e. The van der Waals surface area contributed by atoms with Gasteiger partial charge in [-0.1, -0.05) is 10.3 Å². The lowest BCUT2D eigenvalue weighted by atomic mass is 10.2. The molecule has 3 aromatic rings. The smallest absolute Gasteiger partial charge is 0.316 e. The van der Waals surface area contributed by atoms with Crippen molar-refractivity contribution in [3.05, 3.63) is 34.3 Å². The third-order valence-electron chi connectivity index (χ3n) is 2.31. The lowest BCUT2D eigenvalue weighted by molar-refractivity contribution is 0.381. The van der Waals surface area contributed by atoms with Gasteiger partial charge in [0.1, 0.15) is 5.82 Å². The van der Waals surface area contributed by atoms with Gasteiger partial charge >= 0.3 is 11.8 Å². The molecule has 2 heterocycles. The topological polar surface area (TPSA) is 77.8 Å². The molecule has 0 saturated heterocycles. The van der Waals surface area contributed by atoms with Gasteiger partial charge in [0.2, 0.25) is 5.82 Å². The number of benzene rings is 1. The third kappa shape index (κ3) is 2.26. The summed E-state index contributed by atoms with van der Waals surface area (Å²) in [4.78, 5) is 8.09. The first-order chi connectivity index (χ1) is 9.13. The number of hydrogen-bond acceptors (Lipinski definition) is 6. The van der Waals surface area contributed by atoms with Crippen LogP contribution in [0.5, 0.6) is 0 Å². The Bertz CT molecular complexity index is 740. The van der Waals surface area contributed by atoms with Crippen LogP contribution < -0.4 is 0 Å². The summed E-state index contributed by atoms with van der Waals surface area (Å²) in [6.45, 7) is 1.68. The maximum absolute atomic E-state index is 13.1. The van der Waals surface area contributed by atoms with Gasteiger partial charge in [-0.05, 0) is 41.1 Å². The van der Waals surface area contributed by atoms with Crippen molar-refractivity contribution in [3.63, 3.8) is 0 Å². The van der Waals surface area contributed by atoms with Gasteiger partial charge in [-0.2, -0.15) is 9.97 Å². The average Bonchev–Trinajstić information content (AvgIpc) is 3.01. The predicted molar refractivity (Wildman–Crippen MR) is 65.4 cm³/mol. The molecule has 0 atom stereocenters.